The minimum atomic E-state index is -0.257. The van der Waals surface area contributed by atoms with Crippen LogP contribution in [0.1, 0.15) is 23.3 Å². The lowest BCUT2D eigenvalue weighted by molar-refractivity contribution is 0.0940. The Labute approximate surface area is 130 Å². The van der Waals surface area contributed by atoms with Crippen LogP contribution in [0.3, 0.4) is 0 Å². The van der Waals surface area contributed by atoms with Crippen LogP contribution in [0.2, 0.25) is 0 Å². The Morgan fingerprint density at radius 1 is 1.52 bits per heavy atom. The van der Waals surface area contributed by atoms with Gasteiger partial charge in [0.15, 0.2) is 0 Å². The van der Waals surface area contributed by atoms with E-state index in [0.29, 0.717) is 22.5 Å². The molecule has 0 saturated carbocycles. The van der Waals surface area contributed by atoms with Gasteiger partial charge in [0, 0.05) is 12.8 Å². The van der Waals surface area contributed by atoms with Gasteiger partial charge in [0.05, 0.1) is 24.5 Å². The first-order valence-corrected chi connectivity index (χ1v) is 7.58. The Balaban J connectivity index is 1.62. The number of nitrogens with one attached hydrogen (secondary N) is 1. The van der Waals surface area contributed by atoms with Crippen LogP contribution in [0.5, 0.6) is 0 Å². The predicted octanol–water partition coefficient (Wildman–Crippen LogP) is 2.47. The molecule has 2 aromatic heterocycles. The van der Waals surface area contributed by atoms with E-state index >= 15 is 0 Å². The molecule has 0 spiro atoms. The fraction of sp³-hybridized carbons (Fsp3) is 0.357. The van der Waals surface area contributed by atoms with E-state index in [1.165, 1.54) is 0 Å². The first kappa shape index (κ1) is 14.2. The summed E-state index contributed by atoms with van der Waals surface area (Å²) in [6.07, 6.45) is 5.82. The molecule has 1 fully saturated rings. The van der Waals surface area contributed by atoms with Gasteiger partial charge in [-0.2, -0.15) is 5.10 Å². The second kappa shape index (κ2) is 6.36. The average molecular weight is 351 g/mol. The van der Waals surface area contributed by atoms with Crippen molar-refractivity contribution in [3.05, 3.63) is 40.9 Å². The van der Waals surface area contributed by atoms with Crippen LogP contribution >= 0.6 is 15.9 Å². The van der Waals surface area contributed by atoms with Crippen molar-refractivity contribution in [2.24, 2.45) is 0 Å². The number of nitrogens with zero attached hydrogens (tertiary/aromatic N) is 3. The van der Waals surface area contributed by atoms with Gasteiger partial charge < -0.3 is 10.1 Å². The minimum absolute atomic E-state index is 0.222. The van der Waals surface area contributed by atoms with E-state index in [9.17, 15) is 4.79 Å². The Morgan fingerprint density at radius 2 is 2.43 bits per heavy atom. The molecule has 0 aromatic carbocycles. The van der Waals surface area contributed by atoms with Crippen molar-refractivity contribution in [2.75, 3.05) is 11.9 Å². The topological polar surface area (TPSA) is 69.0 Å². The first-order valence-electron chi connectivity index (χ1n) is 6.79. The average Bonchev–Trinajstić information content (AvgIpc) is 3.11. The Morgan fingerprint density at radius 3 is 3.19 bits per heavy atom. The van der Waals surface area contributed by atoms with Crippen LogP contribution in [0, 0.1) is 0 Å². The zero-order valence-corrected chi connectivity index (χ0v) is 12.9. The lowest BCUT2D eigenvalue weighted by atomic mass is 10.2. The van der Waals surface area contributed by atoms with Gasteiger partial charge in [-0.25, -0.2) is 4.98 Å². The number of halogens is 1. The van der Waals surface area contributed by atoms with Crippen molar-refractivity contribution in [3.63, 3.8) is 0 Å². The molecule has 0 bridgehead atoms. The lowest BCUT2D eigenvalue weighted by Gasteiger charge is -2.08. The molecule has 1 atom stereocenters. The third kappa shape index (κ3) is 3.68. The summed E-state index contributed by atoms with van der Waals surface area (Å²) < 4.78 is 7.99. The van der Waals surface area contributed by atoms with Gasteiger partial charge >= 0.3 is 0 Å². The number of anilines is 1. The molecular weight excluding hydrogens is 336 g/mol. The van der Waals surface area contributed by atoms with Gasteiger partial charge in [0.1, 0.15) is 10.3 Å². The molecule has 2 aromatic rings. The van der Waals surface area contributed by atoms with Gasteiger partial charge in [-0.1, -0.05) is 6.07 Å². The van der Waals surface area contributed by atoms with Crippen LogP contribution in [-0.2, 0) is 11.3 Å². The van der Waals surface area contributed by atoms with E-state index < -0.39 is 0 Å². The molecule has 1 N–H and O–H groups in total. The highest BCUT2D eigenvalue weighted by molar-refractivity contribution is 9.10. The van der Waals surface area contributed by atoms with Crippen molar-refractivity contribution in [1.82, 2.24) is 14.8 Å². The molecule has 1 aliphatic heterocycles. The smallest absolute Gasteiger partial charge is 0.274 e. The summed E-state index contributed by atoms with van der Waals surface area (Å²) >= 11 is 3.25. The first-order chi connectivity index (χ1) is 10.2. The molecule has 3 rings (SSSR count). The van der Waals surface area contributed by atoms with Crippen LogP contribution in [0.15, 0.2) is 35.2 Å². The van der Waals surface area contributed by atoms with Gasteiger partial charge in [-0.05, 0) is 40.9 Å². The number of carbonyl (C=O) groups is 1. The SMILES string of the molecule is O=C(Nc1cnn(CC2CCCO2)c1)c1cccc(Br)n1. The summed E-state index contributed by atoms with van der Waals surface area (Å²) in [7, 11) is 0. The van der Waals surface area contributed by atoms with Crippen molar-refractivity contribution in [1.29, 1.82) is 0 Å². The highest BCUT2D eigenvalue weighted by Crippen LogP contribution is 2.15. The zero-order valence-electron chi connectivity index (χ0n) is 11.3. The summed E-state index contributed by atoms with van der Waals surface area (Å²) in [5.41, 5.74) is 1.01. The third-order valence-electron chi connectivity index (χ3n) is 3.25. The fourth-order valence-corrected chi connectivity index (χ4v) is 2.60. The lowest BCUT2D eigenvalue weighted by Crippen LogP contribution is -2.15. The predicted molar refractivity (Wildman–Crippen MR) is 81.1 cm³/mol. The number of amides is 1. The Bertz CT molecular complexity index is 637. The van der Waals surface area contributed by atoms with E-state index in [0.717, 1.165) is 19.4 Å². The molecule has 0 radical (unpaired) electrons. The normalized spacial score (nSPS) is 17.9. The maximum atomic E-state index is 12.1. The van der Waals surface area contributed by atoms with E-state index in [2.05, 4.69) is 31.3 Å². The van der Waals surface area contributed by atoms with Gasteiger partial charge in [0.25, 0.3) is 5.91 Å². The van der Waals surface area contributed by atoms with Crippen LogP contribution in [-0.4, -0.2) is 33.4 Å². The highest BCUT2D eigenvalue weighted by atomic mass is 79.9. The molecule has 7 heteroatoms. The summed E-state index contributed by atoms with van der Waals surface area (Å²) in [6.45, 7) is 1.54. The summed E-state index contributed by atoms with van der Waals surface area (Å²) in [5.74, 6) is -0.257. The standard InChI is InChI=1S/C14H15BrN4O2/c15-13-5-1-4-12(18-13)14(20)17-10-7-16-19(8-10)9-11-3-2-6-21-11/h1,4-5,7-8,11H,2-3,6,9H2,(H,17,20). The molecule has 110 valence electrons. The Kier molecular flexibility index (Phi) is 4.31. The molecule has 1 saturated heterocycles. The van der Waals surface area contributed by atoms with Crippen molar-refractivity contribution < 1.29 is 9.53 Å². The van der Waals surface area contributed by atoms with Crippen LogP contribution < -0.4 is 5.32 Å². The van der Waals surface area contributed by atoms with Crippen molar-refractivity contribution >= 4 is 27.5 Å². The Hall–Kier alpha value is -1.73. The number of hydrogen-bond donors (Lipinski definition) is 1. The summed E-state index contributed by atoms with van der Waals surface area (Å²) in [6, 6.07) is 5.21. The zero-order chi connectivity index (χ0) is 14.7. The van der Waals surface area contributed by atoms with E-state index in [4.69, 9.17) is 4.74 Å². The number of hydrogen-bond acceptors (Lipinski definition) is 4. The van der Waals surface area contributed by atoms with Crippen molar-refractivity contribution in [2.45, 2.75) is 25.5 Å². The van der Waals surface area contributed by atoms with Gasteiger partial charge in [-0.15, -0.1) is 0 Å². The molecule has 3 heterocycles. The fourth-order valence-electron chi connectivity index (χ4n) is 2.25. The third-order valence-corrected chi connectivity index (χ3v) is 3.70. The molecular formula is C14H15BrN4O2. The van der Waals surface area contributed by atoms with E-state index in [-0.39, 0.29) is 12.0 Å². The monoisotopic (exact) mass is 350 g/mol. The second-order valence-corrected chi connectivity index (χ2v) is 5.70. The van der Waals surface area contributed by atoms with Gasteiger partial charge in [-0.3, -0.25) is 9.48 Å². The molecule has 1 amide bonds. The number of rotatable bonds is 4. The number of aromatic nitrogens is 3. The molecule has 1 unspecified atom stereocenters. The minimum Gasteiger partial charge on any atom is -0.376 e. The summed E-state index contributed by atoms with van der Waals surface area (Å²) in [5, 5.41) is 7.02. The van der Waals surface area contributed by atoms with Crippen LogP contribution in [0.25, 0.3) is 0 Å². The molecule has 0 aliphatic carbocycles. The maximum absolute atomic E-state index is 12.1. The van der Waals surface area contributed by atoms with E-state index in [1.54, 1.807) is 35.3 Å². The molecule has 6 nitrogen and oxygen atoms in total. The number of ether oxygens (including phenoxy) is 1. The number of carbonyl (C=O) groups excluding carboxylic acids is 1. The quantitative estimate of drug-likeness (QED) is 0.860. The number of pyridine rings is 1. The second-order valence-electron chi connectivity index (χ2n) is 4.89. The molecule has 21 heavy (non-hydrogen) atoms. The largest absolute Gasteiger partial charge is 0.376 e. The van der Waals surface area contributed by atoms with E-state index in [1.807, 2.05) is 0 Å². The molecule has 1 aliphatic rings. The van der Waals surface area contributed by atoms with Crippen molar-refractivity contribution in [3.8, 4) is 0 Å². The van der Waals surface area contributed by atoms with Crippen LogP contribution in [0.4, 0.5) is 5.69 Å². The highest BCUT2D eigenvalue weighted by Gasteiger charge is 2.16. The maximum Gasteiger partial charge on any atom is 0.274 e. The summed E-state index contributed by atoms with van der Waals surface area (Å²) in [4.78, 5) is 16.2. The van der Waals surface area contributed by atoms with Gasteiger partial charge in [0.2, 0.25) is 0 Å².